The van der Waals surface area contributed by atoms with Gasteiger partial charge >= 0.3 is 23.9 Å². The van der Waals surface area contributed by atoms with E-state index in [0.717, 1.165) is 122 Å². The summed E-state index contributed by atoms with van der Waals surface area (Å²) in [5, 5.41) is 0. The number of carbonyl (C=O) groups is 4. The van der Waals surface area contributed by atoms with Gasteiger partial charge < -0.3 is 47.4 Å². The summed E-state index contributed by atoms with van der Waals surface area (Å²) in [4.78, 5) is 54.8. The number of benzene rings is 8. The maximum atomic E-state index is 13.7. The van der Waals surface area contributed by atoms with Gasteiger partial charge in [0.05, 0.1) is 28.4 Å². The molecule has 0 amide bonds. The normalized spacial score (nSPS) is 13.0. The molecule has 0 fully saturated rings. The van der Waals surface area contributed by atoms with Crippen LogP contribution in [0.5, 0.6) is 34.5 Å². The van der Waals surface area contributed by atoms with Crippen LogP contribution in [-0.4, -0.2) is 78.7 Å². The highest BCUT2D eigenvalue weighted by molar-refractivity contribution is 5.73. The van der Waals surface area contributed by atoms with E-state index in [1.807, 2.05) is 0 Å². The molecule has 0 unspecified atom stereocenters. The van der Waals surface area contributed by atoms with Crippen LogP contribution in [0.3, 0.4) is 0 Å². The molecule has 1 aliphatic rings. The Morgan fingerprint density at radius 2 is 0.398 bits per heavy atom. The zero-order chi connectivity index (χ0) is 79.2. The third-order valence-corrected chi connectivity index (χ3v) is 20.2. The zero-order valence-corrected chi connectivity index (χ0v) is 68.7. The average Bonchev–Trinajstić information content (AvgIpc) is 0.769. The van der Waals surface area contributed by atoms with Crippen LogP contribution in [-0.2, 0) is 122 Å². The summed E-state index contributed by atoms with van der Waals surface area (Å²) in [6.45, 7) is 42.5. The Balaban J connectivity index is 1.51. The molecule has 12 bridgehead atoms. The number of methoxy groups -OCH3 is 4. The monoisotopic (exact) mass is 1470 g/mol. The molecule has 14 heteroatoms. The number of fused-ring (bicyclic) bond motifs is 12. The van der Waals surface area contributed by atoms with Crippen molar-refractivity contribution in [1.29, 1.82) is 0 Å². The van der Waals surface area contributed by atoms with Crippen LogP contribution in [0.4, 0.5) is 0 Å². The fraction of sp³-hybridized carbons (Fsp3) is 0.447. The van der Waals surface area contributed by atoms with Gasteiger partial charge in [0.25, 0.3) is 0 Å². The SMILES string of the molecule is COC(=O)COc1c2cc(C(C)(C)C)cc1Cc1cc(C(C)(C)C)cc(c1OCc1ccc(C)cc1)Cc1cc(C(C)(C)C)cc(c1OCC(=O)OC)Cc1cc(C(C)(C)C)cc(c1OCC(=O)OC)Cc1cc(C(C)(C)C)cc(c1OCc1ccc(C)cc1)Cc1cc(C(C)(C)C)cc(c1OCC(=O)OC)C2. The van der Waals surface area contributed by atoms with E-state index in [2.05, 4.69) is 260 Å². The van der Waals surface area contributed by atoms with Crippen molar-refractivity contribution in [1.82, 2.24) is 0 Å². The van der Waals surface area contributed by atoms with Crippen molar-refractivity contribution in [2.45, 2.75) is 223 Å². The number of rotatable bonds is 18. The summed E-state index contributed by atoms with van der Waals surface area (Å²) in [6, 6.07) is 43.1. The first-order valence-corrected chi connectivity index (χ1v) is 37.7. The topological polar surface area (TPSA) is 161 Å². The van der Waals surface area contributed by atoms with Crippen molar-refractivity contribution in [3.63, 3.8) is 0 Å². The number of aryl methyl sites for hydroxylation is 2. The molecular formula is C94H116O14. The van der Waals surface area contributed by atoms with E-state index in [1.54, 1.807) is 0 Å². The maximum Gasteiger partial charge on any atom is 0.343 e. The van der Waals surface area contributed by atoms with E-state index in [0.29, 0.717) is 34.5 Å². The minimum absolute atomic E-state index is 0.218. The molecule has 0 atom stereocenters. The third kappa shape index (κ3) is 21.0. The predicted molar refractivity (Wildman–Crippen MR) is 429 cm³/mol. The van der Waals surface area contributed by atoms with E-state index in [4.69, 9.17) is 47.4 Å². The van der Waals surface area contributed by atoms with Gasteiger partial charge in [0.2, 0.25) is 0 Å². The van der Waals surface area contributed by atoms with E-state index in [9.17, 15) is 19.2 Å². The van der Waals surface area contributed by atoms with Crippen LogP contribution in [0, 0.1) is 13.8 Å². The molecule has 0 aromatic heterocycles. The molecule has 576 valence electrons. The molecule has 14 nitrogen and oxygen atoms in total. The van der Waals surface area contributed by atoms with Gasteiger partial charge in [0.1, 0.15) is 47.7 Å². The smallest absolute Gasteiger partial charge is 0.343 e. The molecule has 0 saturated heterocycles. The van der Waals surface area contributed by atoms with Crippen molar-refractivity contribution < 1.29 is 66.5 Å². The molecule has 108 heavy (non-hydrogen) atoms. The van der Waals surface area contributed by atoms with Crippen molar-refractivity contribution in [3.8, 4) is 34.5 Å². The average molecular weight is 1470 g/mol. The van der Waals surface area contributed by atoms with E-state index in [-0.39, 0.29) is 51.7 Å². The van der Waals surface area contributed by atoms with Crippen LogP contribution >= 0.6 is 0 Å². The Morgan fingerprint density at radius 3 is 0.537 bits per heavy atom. The van der Waals surface area contributed by atoms with Gasteiger partial charge in [-0.15, -0.1) is 0 Å². The summed E-state index contributed by atoms with van der Waals surface area (Å²) in [6.07, 6.45) is 1.51. The fourth-order valence-electron chi connectivity index (χ4n) is 13.5. The van der Waals surface area contributed by atoms with Crippen molar-refractivity contribution in [2.24, 2.45) is 0 Å². The second kappa shape index (κ2) is 33.5. The third-order valence-electron chi connectivity index (χ3n) is 20.2. The lowest BCUT2D eigenvalue weighted by Gasteiger charge is -2.29. The molecule has 0 N–H and O–H groups in total. The summed E-state index contributed by atoms with van der Waals surface area (Å²) >= 11 is 0. The molecule has 8 aromatic carbocycles. The van der Waals surface area contributed by atoms with E-state index in [1.165, 1.54) is 28.4 Å². The van der Waals surface area contributed by atoms with Gasteiger partial charge in [-0.25, -0.2) is 19.2 Å². The lowest BCUT2D eigenvalue weighted by atomic mass is 9.79. The van der Waals surface area contributed by atoms with Crippen LogP contribution in [0.1, 0.15) is 247 Å². The molecule has 0 saturated carbocycles. The molecule has 9 rings (SSSR count). The molecular weight excluding hydrogens is 1350 g/mol. The number of ether oxygens (including phenoxy) is 10. The quantitative estimate of drug-likeness (QED) is 0.0589. The molecule has 0 aliphatic heterocycles. The lowest BCUT2D eigenvalue weighted by molar-refractivity contribution is -0.143. The second-order valence-corrected chi connectivity index (χ2v) is 35.3. The Bertz CT molecular complexity index is 4070. The van der Waals surface area contributed by atoms with Gasteiger partial charge in [-0.2, -0.15) is 0 Å². The highest BCUT2D eigenvalue weighted by Crippen LogP contribution is 2.47. The van der Waals surface area contributed by atoms with Gasteiger partial charge in [-0.05, 0) is 158 Å². The van der Waals surface area contributed by atoms with Crippen LogP contribution < -0.4 is 28.4 Å². The Morgan fingerprint density at radius 1 is 0.250 bits per heavy atom. The van der Waals surface area contributed by atoms with Gasteiger partial charge in [0, 0.05) is 38.5 Å². The van der Waals surface area contributed by atoms with Crippen molar-refractivity contribution in [3.05, 3.63) is 244 Å². The second-order valence-electron chi connectivity index (χ2n) is 35.3. The first-order valence-electron chi connectivity index (χ1n) is 37.7. The number of carbonyl (C=O) groups excluding carboxylic acids is 4. The zero-order valence-electron chi connectivity index (χ0n) is 68.7. The Kier molecular flexibility index (Phi) is 25.6. The van der Waals surface area contributed by atoms with Crippen molar-refractivity contribution in [2.75, 3.05) is 54.9 Å². The summed E-state index contributed by atoms with van der Waals surface area (Å²) in [5.41, 5.74) is 17.4. The maximum absolute atomic E-state index is 13.7. The van der Waals surface area contributed by atoms with Gasteiger partial charge in [-0.3, -0.25) is 0 Å². The Hall–Kier alpha value is -9.56. The lowest BCUT2D eigenvalue weighted by Crippen LogP contribution is -2.20. The standard InChI is InChI=1S/C94H116O14/c1-57-25-29-59(30-26-57)51-103-83-61-33-65-43-75(91(9,10)11)47-69(85(65)105-53-79(95)99-21)37-71-49-77(93(15,16)17)45-67(87(71)107-55-81(97)101-23)35-63-41-74(90(6,7)8)42-64(84(63)104-52-60-31-27-58(2)28-32-60)36-68-46-78(94(18,19)20)50-72(88(68)108-56-82(98)102-24)38-70-48-76(92(12,13)14)44-66(86(70)106-54-80(96)100-22)34-62(83)40-73(39-61)89(3,4)5/h25-32,39-50H,33-38,51-56H2,1-24H3. The Labute approximate surface area is 642 Å². The predicted octanol–water partition coefficient (Wildman–Crippen LogP) is 19.3. The highest BCUT2D eigenvalue weighted by Gasteiger charge is 2.33. The van der Waals surface area contributed by atoms with Crippen LogP contribution in [0.25, 0.3) is 0 Å². The van der Waals surface area contributed by atoms with E-state index >= 15 is 0 Å². The number of hydrogen-bond donors (Lipinski definition) is 0. The molecule has 0 heterocycles. The molecule has 0 spiro atoms. The van der Waals surface area contributed by atoms with Crippen LogP contribution in [0.2, 0.25) is 0 Å². The molecule has 1 aliphatic carbocycles. The molecule has 0 radical (unpaired) electrons. The van der Waals surface area contributed by atoms with Crippen LogP contribution in [0.15, 0.2) is 121 Å². The largest absolute Gasteiger partial charge is 0.488 e. The summed E-state index contributed by atoms with van der Waals surface area (Å²) in [5.74, 6) is 0.990. The van der Waals surface area contributed by atoms with Gasteiger partial charge in [0.15, 0.2) is 26.4 Å². The first kappa shape index (κ1) is 82.5. The minimum Gasteiger partial charge on any atom is -0.488 e. The number of esters is 4. The van der Waals surface area contributed by atoms with Gasteiger partial charge in [-0.1, -0.05) is 257 Å². The fourth-order valence-corrected chi connectivity index (χ4v) is 13.5. The molecule has 8 aromatic rings. The summed E-state index contributed by atoms with van der Waals surface area (Å²) in [7, 11) is 5.42. The first-order chi connectivity index (χ1) is 50.5. The minimum atomic E-state index is -0.559. The highest BCUT2D eigenvalue weighted by atomic mass is 16.6. The summed E-state index contributed by atoms with van der Waals surface area (Å²) < 4.78 is 64.1. The van der Waals surface area contributed by atoms with E-state index < -0.39 is 82.8 Å². The number of hydrogen-bond acceptors (Lipinski definition) is 14. The van der Waals surface area contributed by atoms with Crippen molar-refractivity contribution >= 4 is 23.9 Å².